The van der Waals surface area contributed by atoms with Crippen LogP contribution in [0, 0.1) is 6.92 Å². The molecular weight excluding hydrogens is 468 g/mol. The van der Waals surface area contributed by atoms with Crippen molar-refractivity contribution >= 4 is 35.3 Å². The van der Waals surface area contributed by atoms with Crippen molar-refractivity contribution in [2.24, 2.45) is 0 Å². The molecule has 0 aromatic heterocycles. The number of anilines is 1. The van der Waals surface area contributed by atoms with Crippen LogP contribution in [-0.4, -0.2) is 29.9 Å². The van der Waals surface area contributed by atoms with E-state index in [1.165, 1.54) is 6.42 Å². The lowest BCUT2D eigenvalue weighted by Crippen LogP contribution is -2.36. The number of carbonyl (C=O) groups excluding carboxylic acids is 2. The molecule has 3 aromatic rings. The third kappa shape index (κ3) is 6.58. The summed E-state index contributed by atoms with van der Waals surface area (Å²) in [5.74, 6) is 2.83. The van der Waals surface area contributed by atoms with E-state index in [1.54, 1.807) is 23.1 Å². The third-order valence-electron chi connectivity index (χ3n) is 5.83. The molecule has 186 valence electrons. The van der Waals surface area contributed by atoms with Crippen LogP contribution in [0.5, 0.6) is 5.75 Å². The van der Waals surface area contributed by atoms with E-state index in [2.05, 4.69) is 18.3 Å². The van der Waals surface area contributed by atoms with E-state index in [4.69, 9.17) is 4.74 Å². The molecule has 6 heteroatoms. The normalized spacial score (nSPS) is 13.9. The number of fused-ring (bicyclic) bond motifs is 1. The molecule has 0 unspecified atom stereocenters. The number of para-hydroxylation sites is 2. The van der Waals surface area contributed by atoms with E-state index < -0.39 is 0 Å². The summed E-state index contributed by atoms with van der Waals surface area (Å²) in [6, 6.07) is 22.9. The highest BCUT2D eigenvalue weighted by Gasteiger charge is 2.30. The van der Waals surface area contributed by atoms with Gasteiger partial charge in [0.05, 0.1) is 12.2 Å². The highest BCUT2D eigenvalue weighted by Crippen LogP contribution is 2.36. The summed E-state index contributed by atoms with van der Waals surface area (Å²) in [4.78, 5) is 27.6. The smallest absolute Gasteiger partial charge is 0.294 e. The van der Waals surface area contributed by atoms with Crippen molar-refractivity contribution in [1.29, 1.82) is 0 Å². The molecule has 0 aliphatic carbocycles. The van der Waals surface area contributed by atoms with Gasteiger partial charge in [0, 0.05) is 12.1 Å². The molecule has 1 aliphatic rings. The van der Waals surface area contributed by atoms with E-state index in [0.717, 1.165) is 40.3 Å². The Bertz CT molecular complexity index is 1240. The number of thioether (sulfide) groups is 1. The summed E-state index contributed by atoms with van der Waals surface area (Å²) in [6.45, 7) is 5.33. The fourth-order valence-corrected chi connectivity index (χ4v) is 4.86. The number of ether oxygens (including phenoxy) is 1. The lowest BCUT2D eigenvalue weighted by molar-refractivity contribution is -0.117. The predicted octanol–water partition coefficient (Wildman–Crippen LogP) is 6.22. The Morgan fingerprint density at radius 3 is 2.61 bits per heavy atom. The molecule has 0 radical (unpaired) electrons. The van der Waals surface area contributed by atoms with Gasteiger partial charge in [-0.2, -0.15) is 11.8 Å². The van der Waals surface area contributed by atoms with Gasteiger partial charge in [-0.15, -0.1) is 0 Å². The summed E-state index contributed by atoms with van der Waals surface area (Å²) in [6.07, 6.45) is 3.86. The highest BCUT2D eigenvalue weighted by molar-refractivity contribution is 7.99. The minimum Gasteiger partial charge on any atom is -0.449 e. The van der Waals surface area contributed by atoms with Gasteiger partial charge in [-0.3, -0.25) is 14.5 Å². The average Bonchev–Trinajstić information content (AvgIpc) is 2.89. The number of amides is 2. The van der Waals surface area contributed by atoms with Crippen LogP contribution in [-0.2, 0) is 11.3 Å². The summed E-state index contributed by atoms with van der Waals surface area (Å²) >= 11 is 1.92. The molecule has 0 spiro atoms. The van der Waals surface area contributed by atoms with Crippen LogP contribution >= 0.6 is 11.8 Å². The Labute approximate surface area is 217 Å². The molecule has 1 N–H and O–H groups in total. The Hall–Kier alpha value is -3.51. The van der Waals surface area contributed by atoms with Gasteiger partial charge in [-0.05, 0) is 72.7 Å². The first-order chi connectivity index (χ1) is 17.5. The molecule has 4 rings (SSSR count). The lowest BCUT2D eigenvalue weighted by Gasteiger charge is -2.30. The van der Waals surface area contributed by atoms with Gasteiger partial charge in [0.15, 0.2) is 11.5 Å². The van der Waals surface area contributed by atoms with Gasteiger partial charge in [0.2, 0.25) is 0 Å². The zero-order chi connectivity index (χ0) is 25.3. The van der Waals surface area contributed by atoms with Crippen molar-refractivity contribution in [3.05, 3.63) is 101 Å². The maximum atomic E-state index is 13.4. The van der Waals surface area contributed by atoms with Crippen LogP contribution in [0.3, 0.4) is 0 Å². The molecule has 1 aliphatic heterocycles. The van der Waals surface area contributed by atoms with Crippen molar-refractivity contribution in [2.45, 2.75) is 33.2 Å². The molecule has 2 amide bonds. The Balaban J connectivity index is 1.46. The highest BCUT2D eigenvalue weighted by atomic mass is 32.2. The second-order valence-corrected chi connectivity index (χ2v) is 10.0. The summed E-state index contributed by atoms with van der Waals surface area (Å²) in [7, 11) is 0. The molecule has 36 heavy (non-hydrogen) atoms. The monoisotopic (exact) mass is 500 g/mol. The molecule has 5 nitrogen and oxygen atoms in total. The van der Waals surface area contributed by atoms with E-state index >= 15 is 0 Å². The van der Waals surface area contributed by atoms with Crippen LogP contribution in [0.2, 0.25) is 0 Å². The largest absolute Gasteiger partial charge is 0.449 e. The molecular formula is C30H32N2O3S. The standard InChI is InChI=1S/C30H32N2O3S/c1-3-17-36-18-7-16-31-29(33)25-14-12-23(13-15-25)20-28-30(34)32(21-24-9-6-8-22(2)19-24)26-10-4-5-11-27(26)35-28/h4-6,8-15,19-20H,3,7,16-18,21H2,1-2H3,(H,31,33)/b28-20+. The second-order valence-electron chi connectivity index (χ2n) is 8.80. The first kappa shape index (κ1) is 25.6. The number of nitrogens with one attached hydrogen (secondary N) is 1. The number of hydrogen-bond donors (Lipinski definition) is 1. The maximum Gasteiger partial charge on any atom is 0.294 e. The minimum absolute atomic E-state index is 0.0852. The summed E-state index contributed by atoms with van der Waals surface area (Å²) < 4.78 is 6.00. The van der Waals surface area contributed by atoms with Crippen molar-refractivity contribution in [1.82, 2.24) is 5.32 Å². The first-order valence-electron chi connectivity index (χ1n) is 12.4. The number of hydrogen-bond acceptors (Lipinski definition) is 4. The Morgan fingerprint density at radius 2 is 1.83 bits per heavy atom. The lowest BCUT2D eigenvalue weighted by atomic mass is 10.1. The zero-order valence-electron chi connectivity index (χ0n) is 20.8. The van der Waals surface area contributed by atoms with Crippen LogP contribution in [0.1, 0.15) is 46.8 Å². The van der Waals surface area contributed by atoms with Gasteiger partial charge < -0.3 is 10.1 Å². The molecule has 0 fully saturated rings. The Kier molecular flexibility index (Phi) is 8.85. The van der Waals surface area contributed by atoms with Gasteiger partial charge >= 0.3 is 0 Å². The van der Waals surface area contributed by atoms with E-state index in [0.29, 0.717) is 24.4 Å². The van der Waals surface area contributed by atoms with Crippen molar-refractivity contribution in [3.8, 4) is 5.75 Å². The summed E-state index contributed by atoms with van der Waals surface area (Å²) in [5.41, 5.74) is 4.35. The Morgan fingerprint density at radius 1 is 1.03 bits per heavy atom. The van der Waals surface area contributed by atoms with E-state index in [9.17, 15) is 9.59 Å². The molecule has 0 bridgehead atoms. The number of rotatable bonds is 10. The zero-order valence-corrected chi connectivity index (χ0v) is 21.6. The maximum absolute atomic E-state index is 13.4. The summed E-state index contributed by atoms with van der Waals surface area (Å²) in [5, 5.41) is 2.97. The van der Waals surface area contributed by atoms with Crippen LogP contribution in [0.25, 0.3) is 6.08 Å². The van der Waals surface area contributed by atoms with Gasteiger partial charge in [-0.25, -0.2) is 0 Å². The van der Waals surface area contributed by atoms with E-state index in [1.807, 2.05) is 73.3 Å². The van der Waals surface area contributed by atoms with Crippen molar-refractivity contribution < 1.29 is 14.3 Å². The first-order valence-corrected chi connectivity index (χ1v) is 13.5. The molecule has 0 saturated heterocycles. The fraction of sp³-hybridized carbons (Fsp3) is 0.267. The van der Waals surface area contributed by atoms with Crippen LogP contribution < -0.4 is 15.0 Å². The molecule has 1 heterocycles. The number of nitrogens with zero attached hydrogens (tertiary/aromatic N) is 1. The van der Waals surface area contributed by atoms with Crippen LogP contribution in [0.4, 0.5) is 5.69 Å². The molecule has 3 aromatic carbocycles. The number of carbonyl (C=O) groups is 2. The van der Waals surface area contributed by atoms with Crippen molar-refractivity contribution in [2.75, 3.05) is 23.0 Å². The fourth-order valence-electron chi connectivity index (χ4n) is 4.02. The van der Waals surface area contributed by atoms with E-state index in [-0.39, 0.29) is 17.6 Å². The number of aryl methyl sites for hydroxylation is 1. The molecule has 0 atom stereocenters. The average molecular weight is 501 g/mol. The minimum atomic E-state index is -0.196. The quantitative estimate of drug-likeness (QED) is 0.265. The molecule has 0 saturated carbocycles. The third-order valence-corrected chi connectivity index (χ3v) is 7.10. The van der Waals surface area contributed by atoms with Crippen LogP contribution in [0.15, 0.2) is 78.6 Å². The van der Waals surface area contributed by atoms with Crippen molar-refractivity contribution in [3.63, 3.8) is 0 Å². The van der Waals surface area contributed by atoms with Gasteiger partial charge in [0.25, 0.3) is 11.8 Å². The topological polar surface area (TPSA) is 58.6 Å². The second kappa shape index (κ2) is 12.5. The van der Waals surface area contributed by atoms with Gasteiger partial charge in [0.1, 0.15) is 0 Å². The number of benzene rings is 3. The SMILES string of the molecule is CCCSCCCNC(=O)c1ccc(/C=C2/Oc3ccccc3N(Cc3cccc(C)c3)C2=O)cc1. The predicted molar refractivity (Wildman–Crippen MR) is 148 cm³/mol. The van der Waals surface area contributed by atoms with Gasteiger partial charge in [-0.1, -0.05) is 61.0 Å².